The minimum absolute atomic E-state index is 0.0661. The largest absolute Gasteiger partial charge is 0.367 e. The highest BCUT2D eigenvalue weighted by Crippen LogP contribution is 2.30. The molecule has 1 aromatic heterocycles. The third-order valence-corrected chi connectivity index (χ3v) is 6.31. The van der Waals surface area contributed by atoms with E-state index in [0.29, 0.717) is 19.6 Å². The van der Waals surface area contributed by atoms with Crippen LogP contribution in [0.3, 0.4) is 0 Å². The van der Waals surface area contributed by atoms with Gasteiger partial charge in [-0.25, -0.2) is 0 Å². The van der Waals surface area contributed by atoms with Crippen molar-refractivity contribution in [2.45, 2.75) is 44.1 Å². The maximum Gasteiger partial charge on any atom is 0.251 e. The van der Waals surface area contributed by atoms with E-state index in [9.17, 15) is 9.59 Å². The molecule has 158 valence electrons. The molecule has 30 heavy (non-hydrogen) atoms. The van der Waals surface area contributed by atoms with E-state index >= 15 is 0 Å². The fourth-order valence-electron chi connectivity index (χ4n) is 4.65. The predicted molar refractivity (Wildman–Crippen MR) is 114 cm³/mol. The molecule has 1 atom stereocenters. The van der Waals surface area contributed by atoms with E-state index in [1.165, 1.54) is 6.42 Å². The lowest BCUT2D eigenvalue weighted by Gasteiger charge is -2.42. The number of nitrogens with zero attached hydrogens (tertiary/aromatic N) is 2. The minimum atomic E-state index is -1.20. The van der Waals surface area contributed by atoms with Gasteiger partial charge in [-0.15, -0.1) is 0 Å². The van der Waals surface area contributed by atoms with Gasteiger partial charge in [-0.3, -0.25) is 14.6 Å². The van der Waals surface area contributed by atoms with Gasteiger partial charge in [0, 0.05) is 31.3 Å². The summed E-state index contributed by atoms with van der Waals surface area (Å²) in [6.45, 7) is 1.05. The summed E-state index contributed by atoms with van der Waals surface area (Å²) in [7, 11) is 0. The molecule has 2 aromatic rings. The highest BCUT2D eigenvalue weighted by Gasteiger charge is 2.44. The Balaban J connectivity index is 1.54. The van der Waals surface area contributed by atoms with Crippen LogP contribution in [0.2, 0.25) is 0 Å². The fourth-order valence-corrected chi connectivity index (χ4v) is 4.65. The first-order valence-electron chi connectivity index (χ1n) is 10.8. The quantitative estimate of drug-likeness (QED) is 0.826. The lowest BCUT2D eigenvalue weighted by Crippen LogP contribution is -2.61. The molecule has 1 aliphatic heterocycles. The van der Waals surface area contributed by atoms with Crippen LogP contribution in [-0.4, -0.2) is 47.0 Å². The molecule has 0 unspecified atom stereocenters. The third kappa shape index (κ3) is 4.38. The van der Waals surface area contributed by atoms with Crippen molar-refractivity contribution in [3.05, 3.63) is 54.4 Å². The van der Waals surface area contributed by atoms with E-state index in [-0.39, 0.29) is 18.4 Å². The molecular weight excluding hydrogens is 378 g/mol. The Hall–Kier alpha value is -2.73. The van der Waals surface area contributed by atoms with Gasteiger partial charge < -0.3 is 15.4 Å². The third-order valence-electron chi connectivity index (χ3n) is 6.31. The van der Waals surface area contributed by atoms with Gasteiger partial charge in [-0.2, -0.15) is 0 Å². The van der Waals surface area contributed by atoms with Crippen LogP contribution in [-0.2, 0) is 20.7 Å². The Morgan fingerprint density at radius 2 is 1.93 bits per heavy atom. The van der Waals surface area contributed by atoms with Crippen molar-refractivity contribution in [3.8, 4) is 11.1 Å². The van der Waals surface area contributed by atoms with Crippen LogP contribution in [0.4, 0.5) is 0 Å². The van der Waals surface area contributed by atoms with Crippen LogP contribution in [0.15, 0.2) is 48.8 Å². The molecule has 2 heterocycles. The minimum Gasteiger partial charge on any atom is -0.367 e. The average Bonchev–Trinajstić information content (AvgIpc) is 2.80. The monoisotopic (exact) mass is 407 g/mol. The van der Waals surface area contributed by atoms with E-state index in [1.54, 1.807) is 11.1 Å². The SMILES string of the molecule is NC(=O)[C@]1(Cc2cccc(-c3cccnc3)c2)CN(C(=O)C2CCCCC2)CCO1. The summed E-state index contributed by atoms with van der Waals surface area (Å²) in [5, 5.41) is 0. The number of hydrogen-bond donors (Lipinski definition) is 1. The Kier molecular flexibility index (Phi) is 6.13. The van der Waals surface area contributed by atoms with Gasteiger partial charge in [0.2, 0.25) is 5.91 Å². The summed E-state index contributed by atoms with van der Waals surface area (Å²) >= 11 is 0. The number of nitrogens with two attached hydrogens (primary N) is 1. The molecule has 4 rings (SSSR count). The molecule has 6 heteroatoms. The van der Waals surface area contributed by atoms with Gasteiger partial charge in [0.15, 0.2) is 5.60 Å². The zero-order valence-electron chi connectivity index (χ0n) is 17.3. The molecule has 2 N–H and O–H groups in total. The summed E-state index contributed by atoms with van der Waals surface area (Å²) in [6.07, 6.45) is 9.16. The van der Waals surface area contributed by atoms with Crippen LogP contribution < -0.4 is 5.73 Å². The highest BCUT2D eigenvalue weighted by atomic mass is 16.5. The van der Waals surface area contributed by atoms with Gasteiger partial charge in [-0.05, 0) is 35.6 Å². The second-order valence-corrected chi connectivity index (χ2v) is 8.42. The maximum absolute atomic E-state index is 13.1. The number of aromatic nitrogens is 1. The lowest BCUT2D eigenvalue weighted by atomic mass is 9.86. The average molecular weight is 408 g/mol. The molecule has 6 nitrogen and oxygen atoms in total. The summed E-state index contributed by atoms with van der Waals surface area (Å²) in [4.78, 5) is 31.6. The maximum atomic E-state index is 13.1. The molecule has 1 aliphatic carbocycles. The van der Waals surface area contributed by atoms with Crippen LogP contribution in [0.25, 0.3) is 11.1 Å². The summed E-state index contributed by atoms with van der Waals surface area (Å²) in [5.74, 6) is -0.306. The second-order valence-electron chi connectivity index (χ2n) is 8.42. The zero-order chi connectivity index (χ0) is 21.0. The Labute approximate surface area is 177 Å². The number of ether oxygens (including phenoxy) is 1. The first-order valence-corrected chi connectivity index (χ1v) is 10.8. The Morgan fingerprint density at radius 3 is 2.67 bits per heavy atom. The molecule has 1 aromatic carbocycles. The second kappa shape index (κ2) is 8.96. The molecule has 0 bridgehead atoms. The van der Waals surface area contributed by atoms with Crippen molar-refractivity contribution >= 4 is 11.8 Å². The van der Waals surface area contributed by atoms with Gasteiger partial charge >= 0.3 is 0 Å². The molecular formula is C24H29N3O3. The van der Waals surface area contributed by atoms with E-state index in [2.05, 4.69) is 4.98 Å². The van der Waals surface area contributed by atoms with E-state index in [1.807, 2.05) is 42.6 Å². The van der Waals surface area contributed by atoms with Gasteiger partial charge in [0.05, 0.1) is 13.2 Å². The van der Waals surface area contributed by atoms with Crippen molar-refractivity contribution in [1.29, 1.82) is 0 Å². The van der Waals surface area contributed by atoms with Crippen molar-refractivity contribution < 1.29 is 14.3 Å². The van der Waals surface area contributed by atoms with Crippen molar-refractivity contribution in [3.63, 3.8) is 0 Å². The van der Waals surface area contributed by atoms with Gasteiger partial charge in [0.25, 0.3) is 5.91 Å². The van der Waals surface area contributed by atoms with Crippen LogP contribution in [0, 0.1) is 5.92 Å². The van der Waals surface area contributed by atoms with Crippen molar-refractivity contribution in [2.24, 2.45) is 11.7 Å². The number of carbonyl (C=O) groups excluding carboxylic acids is 2. The summed E-state index contributed by atoms with van der Waals surface area (Å²) in [6, 6.07) is 11.9. The Bertz CT molecular complexity index is 896. The number of amides is 2. The van der Waals surface area contributed by atoms with Gasteiger partial charge in [-0.1, -0.05) is 49.6 Å². The topological polar surface area (TPSA) is 85.5 Å². The lowest BCUT2D eigenvalue weighted by molar-refractivity contribution is -0.165. The van der Waals surface area contributed by atoms with Crippen LogP contribution >= 0.6 is 0 Å². The van der Waals surface area contributed by atoms with E-state index in [0.717, 1.165) is 42.4 Å². The van der Waals surface area contributed by atoms with Crippen molar-refractivity contribution in [1.82, 2.24) is 9.88 Å². The number of benzene rings is 1. The standard InChI is InChI=1S/C24H29N3O3/c25-23(29)24(15-18-6-4-9-20(14-18)21-10-5-11-26-16-21)17-27(12-13-30-24)22(28)19-7-2-1-3-8-19/h4-6,9-11,14,16,19H,1-3,7-8,12-13,15,17H2,(H2,25,29)/t24-/m0/s1. The number of carbonyl (C=O) groups is 2. The van der Waals surface area contributed by atoms with E-state index < -0.39 is 11.5 Å². The first kappa shape index (κ1) is 20.5. The fraction of sp³-hybridized carbons (Fsp3) is 0.458. The zero-order valence-corrected chi connectivity index (χ0v) is 17.3. The molecule has 1 saturated carbocycles. The molecule has 2 fully saturated rings. The normalized spacial score (nSPS) is 22.6. The molecule has 0 spiro atoms. The summed E-state index contributed by atoms with van der Waals surface area (Å²) < 4.78 is 5.96. The predicted octanol–water partition coefficient (Wildman–Crippen LogP) is 2.95. The number of pyridine rings is 1. The van der Waals surface area contributed by atoms with E-state index in [4.69, 9.17) is 10.5 Å². The summed E-state index contributed by atoms with van der Waals surface area (Å²) in [5.41, 5.74) is 7.60. The molecule has 2 aliphatic rings. The van der Waals surface area contributed by atoms with Crippen LogP contribution in [0.1, 0.15) is 37.7 Å². The molecule has 2 amide bonds. The van der Waals surface area contributed by atoms with Crippen molar-refractivity contribution in [2.75, 3.05) is 19.7 Å². The van der Waals surface area contributed by atoms with Crippen LogP contribution in [0.5, 0.6) is 0 Å². The molecule has 0 radical (unpaired) electrons. The smallest absolute Gasteiger partial charge is 0.251 e. The number of rotatable bonds is 5. The highest BCUT2D eigenvalue weighted by molar-refractivity contribution is 5.86. The number of hydrogen-bond acceptors (Lipinski definition) is 4. The molecule has 1 saturated heterocycles. The van der Waals surface area contributed by atoms with Gasteiger partial charge in [0.1, 0.15) is 0 Å². The first-order chi connectivity index (χ1) is 14.6. The Morgan fingerprint density at radius 1 is 1.13 bits per heavy atom. The number of primary amides is 1. The number of morpholine rings is 1.